The zero-order valence-electron chi connectivity index (χ0n) is 8.06. The quantitative estimate of drug-likeness (QED) is 0.410. The third-order valence-electron chi connectivity index (χ3n) is 1.21. The molecule has 0 aliphatic heterocycles. The highest BCUT2D eigenvalue weighted by atomic mass is 79.9. The second-order valence-electron chi connectivity index (χ2n) is 3.58. The first-order valence-electron chi connectivity index (χ1n) is 4.20. The lowest BCUT2D eigenvalue weighted by molar-refractivity contribution is 0.306. The van der Waals surface area contributed by atoms with Gasteiger partial charge >= 0.3 is 0 Å². The van der Waals surface area contributed by atoms with E-state index < -0.39 is 8.32 Å². The number of hydrogen-bond acceptors (Lipinski definition) is 1. The minimum atomic E-state index is -1.28. The van der Waals surface area contributed by atoms with Gasteiger partial charge in [-0.3, -0.25) is 0 Å². The van der Waals surface area contributed by atoms with Gasteiger partial charge in [0, 0.05) is 11.6 Å². The standard InChI is InChI=1S/C9H17BrOSi/c1-12(2,3)11-9-7-5-4-6-8-10/h4,8H,5,7,9H2,1-3H3. The van der Waals surface area contributed by atoms with Crippen molar-refractivity contribution in [2.24, 2.45) is 0 Å². The molecular formula is C9H17BrOSi. The average molecular weight is 249 g/mol. The van der Waals surface area contributed by atoms with E-state index in [-0.39, 0.29) is 0 Å². The summed E-state index contributed by atoms with van der Waals surface area (Å²) < 4.78 is 5.68. The summed E-state index contributed by atoms with van der Waals surface area (Å²) in [4.78, 5) is 1.74. The molecule has 0 aromatic rings. The molecule has 0 saturated heterocycles. The van der Waals surface area contributed by atoms with Gasteiger partial charge in [-0.1, -0.05) is 15.9 Å². The van der Waals surface area contributed by atoms with E-state index in [0.29, 0.717) is 0 Å². The van der Waals surface area contributed by atoms with Crippen LogP contribution in [0.5, 0.6) is 0 Å². The first kappa shape index (κ1) is 12.2. The van der Waals surface area contributed by atoms with Crippen LogP contribution in [0.2, 0.25) is 19.6 Å². The predicted octanol–water partition coefficient (Wildman–Crippen LogP) is 3.68. The fourth-order valence-electron chi connectivity index (χ4n) is 0.692. The second-order valence-corrected chi connectivity index (χ2v) is 8.55. The molecule has 70 valence electrons. The van der Waals surface area contributed by atoms with Gasteiger partial charge in [0.1, 0.15) is 0 Å². The Morgan fingerprint density at radius 3 is 2.58 bits per heavy atom. The van der Waals surface area contributed by atoms with Crippen LogP contribution in [-0.4, -0.2) is 14.9 Å². The molecule has 0 aromatic heterocycles. The fraction of sp³-hybridized carbons (Fsp3) is 0.667. The van der Waals surface area contributed by atoms with Gasteiger partial charge in [-0.05, 0) is 38.6 Å². The maximum atomic E-state index is 5.68. The van der Waals surface area contributed by atoms with Gasteiger partial charge in [0.15, 0.2) is 8.32 Å². The monoisotopic (exact) mass is 248 g/mol. The van der Waals surface area contributed by atoms with Crippen LogP contribution in [0.15, 0.2) is 16.8 Å². The molecule has 0 N–H and O–H groups in total. The molecule has 0 spiro atoms. The van der Waals surface area contributed by atoms with Crippen molar-refractivity contribution in [3.05, 3.63) is 16.8 Å². The van der Waals surface area contributed by atoms with Crippen molar-refractivity contribution in [1.29, 1.82) is 0 Å². The number of rotatable bonds is 5. The molecule has 0 fully saturated rings. The van der Waals surface area contributed by atoms with Gasteiger partial charge < -0.3 is 4.43 Å². The zero-order chi connectivity index (χ0) is 9.45. The summed E-state index contributed by atoms with van der Waals surface area (Å²) in [7, 11) is -1.28. The zero-order valence-corrected chi connectivity index (χ0v) is 10.6. The number of halogens is 1. The van der Waals surface area contributed by atoms with Crippen molar-refractivity contribution < 1.29 is 4.43 Å². The van der Waals surface area contributed by atoms with Crippen molar-refractivity contribution in [2.45, 2.75) is 32.5 Å². The van der Waals surface area contributed by atoms with Gasteiger partial charge in [0.2, 0.25) is 0 Å². The number of allylic oxidation sites excluding steroid dienone is 1. The Bertz CT molecular complexity index is 166. The van der Waals surface area contributed by atoms with Crippen LogP contribution in [0.3, 0.4) is 0 Å². The van der Waals surface area contributed by atoms with Gasteiger partial charge in [-0.15, -0.1) is 5.73 Å². The third-order valence-corrected chi connectivity index (χ3v) is 2.54. The van der Waals surface area contributed by atoms with Crippen molar-refractivity contribution in [2.75, 3.05) is 6.61 Å². The normalized spacial score (nSPS) is 10.7. The molecule has 0 aromatic carbocycles. The van der Waals surface area contributed by atoms with E-state index >= 15 is 0 Å². The summed E-state index contributed by atoms with van der Waals surface area (Å²) in [5.74, 6) is 0. The van der Waals surface area contributed by atoms with E-state index in [1.54, 1.807) is 4.99 Å². The molecule has 0 amide bonds. The Morgan fingerprint density at radius 2 is 2.08 bits per heavy atom. The van der Waals surface area contributed by atoms with Gasteiger partial charge in [0.05, 0.1) is 0 Å². The van der Waals surface area contributed by atoms with Crippen LogP contribution < -0.4 is 0 Å². The van der Waals surface area contributed by atoms with E-state index in [1.165, 1.54) is 0 Å². The predicted molar refractivity (Wildman–Crippen MR) is 60.1 cm³/mol. The van der Waals surface area contributed by atoms with Crippen LogP contribution >= 0.6 is 15.9 Å². The van der Waals surface area contributed by atoms with Crippen LogP contribution in [0, 0.1) is 0 Å². The largest absolute Gasteiger partial charge is 0.418 e. The van der Waals surface area contributed by atoms with Crippen LogP contribution in [-0.2, 0) is 4.43 Å². The Kier molecular flexibility index (Phi) is 6.77. The van der Waals surface area contributed by atoms with E-state index in [0.717, 1.165) is 19.4 Å². The Balaban J connectivity index is 3.28. The molecular weight excluding hydrogens is 232 g/mol. The molecule has 1 nitrogen and oxygen atoms in total. The van der Waals surface area contributed by atoms with Crippen molar-refractivity contribution in [3.63, 3.8) is 0 Å². The van der Waals surface area contributed by atoms with Crippen LogP contribution in [0.25, 0.3) is 0 Å². The summed E-state index contributed by atoms with van der Waals surface area (Å²) in [6.07, 6.45) is 4.16. The lowest BCUT2D eigenvalue weighted by Crippen LogP contribution is -2.25. The lowest BCUT2D eigenvalue weighted by Gasteiger charge is -2.16. The Hall–Kier alpha value is 0.177. The van der Waals surface area contributed by atoms with Crippen LogP contribution in [0.1, 0.15) is 12.8 Å². The fourth-order valence-corrected chi connectivity index (χ4v) is 1.64. The van der Waals surface area contributed by atoms with Gasteiger partial charge in [0.25, 0.3) is 0 Å². The number of unbranched alkanes of at least 4 members (excludes halogenated alkanes) is 1. The van der Waals surface area contributed by atoms with E-state index in [9.17, 15) is 0 Å². The highest BCUT2D eigenvalue weighted by Gasteiger charge is 2.12. The Labute approximate surface area is 84.8 Å². The SMILES string of the molecule is C[Si](C)(C)OCCCC=C=CBr. The molecule has 12 heavy (non-hydrogen) atoms. The van der Waals surface area contributed by atoms with E-state index in [2.05, 4.69) is 41.3 Å². The summed E-state index contributed by atoms with van der Waals surface area (Å²) in [6, 6.07) is 0. The molecule has 0 unspecified atom stereocenters. The molecule has 0 heterocycles. The molecule has 0 rings (SSSR count). The summed E-state index contributed by atoms with van der Waals surface area (Å²) >= 11 is 3.16. The first-order chi connectivity index (χ1) is 5.56. The molecule has 0 aliphatic carbocycles. The van der Waals surface area contributed by atoms with Gasteiger partial charge in [-0.25, -0.2) is 0 Å². The van der Waals surface area contributed by atoms with E-state index in [4.69, 9.17) is 4.43 Å². The van der Waals surface area contributed by atoms with Crippen molar-refractivity contribution in [3.8, 4) is 0 Å². The topological polar surface area (TPSA) is 9.23 Å². The molecule has 0 bridgehead atoms. The Morgan fingerprint density at radius 1 is 1.42 bits per heavy atom. The minimum absolute atomic E-state index is 0.885. The van der Waals surface area contributed by atoms with Gasteiger partial charge in [-0.2, -0.15) is 0 Å². The molecule has 0 saturated carbocycles. The first-order valence-corrected chi connectivity index (χ1v) is 8.52. The highest BCUT2D eigenvalue weighted by molar-refractivity contribution is 9.11. The summed E-state index contributed by atoms with van der Waals surface area (Å²) in [6.45, 7) is 7.51. The smallest absolute Gasteiger partial charge is 0.183 e. The average Bonchev–Trinajstić information content (AvgIpc) is 1.94. The molecule has 0 atom stereocenters. The summed E-state index contributed by atoms with van der Waals surface area (Å²) in [5, 5.41) is 0. The molecule has 0 aliphatic rings. The van der Waals surface area contributed by atoms with E-state index in [1.807, 2.05) is 6.08 Å². The second kappa shape index (κ2) is 6.67. The van der Waals surface area contributed by atoms with Crippen molar-refractivity contribution >= 4 is 24.2 Å². The summed E-state index contributed by atoms with van der Waals surface area (Å²) in [5.41, 5.74) is 2.97. The lowest BCUT2D eigenvalue weighted by atomic mass is 10.3. The molecule has 0 radical (unpaired) electrons. The number of hydrogen-bond donors (Lipinski definition) is 0. The third kappa shape index (κ3) is 10.2. The highest BCUT2D eigenvalue weighted by Crippen LogP contribution is 2.03. The maximum absolute atomic E-state index is 5.68. The van der Waals surface area contributed by atoms with Crippen molar-refractivity contribution in [1.82, 2.24) is 0 Å². The minimum Gasteiger partial charge on any atom is -0.418 e. The maximum Gasteiger partial charge on any atom is 0.183 e. The molecule has 3 heteroatoms. The van der Waals surface area contributed by atoms with Crippen LogP contribution in [0.4, 0.5) is 0 Å².